The number of esters is 2. The zero-order chi connectivity index (χ0) is 52.7. The van der Waals surface area contributed by atoms with Gasteiger partial charge in [-0.1, -0.05) is 84.4 Å². The maximum Gasteiger partial charge on any atom is 0.488 e. The van der Waals surface area contributed by atoms with Crippen LogP contribution in [0.2, 0.25) is 5.15 Å². The van der Waals surface area contributed by atoms with E-state index in [0.717, 1.165) is 27.3 Å². The molecule has 0 fully saturated rings. The summed E-state index contributed by atoms with van der Waals surface area (Å²) in [6.45, 7) is 14.9. The van der Waals surface area contributed by atoms with Crippen molar-refractivity contribution in [2.75, 3.05) is 36.1 Å². The fourth-order valence-electron chi connectivity index (χ4n) is 6.07. The maximum absolute atomic E-state index is 12.8. The molecule has 4 aromatic carbocycles. The molecule has 0 aliphatic heterocycles. The molecule has 2 amide bonds. The summed E-state index contributed by atoms with van der Waals surface area (Å²) in [5.74, 6) is 0.391. The quantitative estimate of drug-likeness (QED) is 0.0402. The molecule has 0 bridgehead atoms. The summed E-state index contributed by atoms with van der Waals surface area (Å²) in [5, 5.41) is 18.1. The van der Waals surface area contributed by atoms with Crippen LogP contribution >= 0.6 is 11.6 Å². The molecule has 6 aromatic rings. The summed E-state index contributed by atoms with van der Waals surface area (Å²) < 4.78 is 32.1. The largest absolute Gasteiger partial charge is 0.489 e. The Morgan fingerprint density at radius 3 is 1.39 bits per heavy atom. The zero-order valence-electron chi connectivity index (χ0n) is 41.8. The molecule has 2 heterocycles. The lowest BCUT2D eigenvalue weighted by Crippen LogP contribution is -2.40. The highest BCUT2D eigenvalue weighted by atomic mass is 35.5. The van der Waals surface area contributed by atoms with Crippen molar-refractivity contribution < 1.29 is 57.6 Å². The van der Waals surface area contributed by atoms with Crippen LogP contribution in [0.3, 0.4) is 0 Å². The number of anilines is 2. The van der Waals surface area contributed by atoms with Crippen molar-refractivity contribution >= 4 is 59.7 Å². The molecule has 2 aromatic heterocycles. The maximum atomic E-state index is 12.8. The first-order valence-corrected chi connectivity index (χ1v) is 23.4. The van der Waals surface area contributed by atoms with Crippen molar-refractivity contribution in [1.82, 2.24) is 9.97 Å². The molecule has 2 N–H and O–H groups in total. The van der Waals surface area contributed by atoms with E-state index in [-0.39, 0.29) is 31.5 Å². The van der Waals surface area contributed by atoms with E-state index in [1.54, 1.807) is 104 Å². The van der Waals surface area contributed by atoms with Gasteiger partial charge in [-0.2, -0.15) is 0 Å². The minimum atomic E-state index is -1.43. The number of nitrogens with zero attached hydrogens (tertiary/aromatic N) is 4. The summed E-state index contributed by atoms with van der Waals surface area (Å²) in [5.41, 5.74) is 3.63. The van der Waals surface area contributed by atoms with Gasteiger partial charge >= 0.3 is 31.2 Å². The van der Waals surface area contributed by atoms with Gasteiger partial charge in [0.25, 0.3) is 0 Å². The average Bonchev–Trinajstić information content (AvgIpc) is 3.34. The molecule has 18 heteroatoms. The van der Waals surface area contributed by atoms with Crippen molar-refractivity contribution in [3.05, 3.63) is 162 Å². The van der Waals surface area contributed by atoms with Gasteiger partial charge in [-0.05, 0) is 133 Å². The van der Waals surface area contributed by atoms with E-state index < -0.39 is 42.4 Å². The lowest BCUT2D eigenvalue weighted by Gasteiger charge is -2.27. The number of carbonyl (C=O) groups excluding carboxylic acids is 4. The highest BCUT2D eigenvalue weighted by molar-refractivity contribution is 6.58. The van der Waals surface area contributed by atoms with Gasteiger partial charge in [0.2, 0.25) is 0 Å². The Labute approximate surface area is 426 Å². The van der Waals surface area contributed by atoms with Crippen molar-refractivity contribution in [3.63, 3.8) is 0 Å². The number of halogens is 1. The van der Waals surface area contributed by atoms with Crippen molar-refractivity contribution in [3.8, 4) is 22.8 Å². The van der Waals surface area contributed by atoms with Crippen LogP contribution < -0.4 is 24.7 Å². The van der Waals surface area contributed by atoms with Crippen LogP contribution in [0.4, 0.5) is 21.0 Å². The topological polar surface area (TPSA) is 196 Å². The van der Waals surface area contributed by atoms with E-state index in [4.69, 9.17) is 50.1 Å². The van der Waals surface area contributed by atoms with Crippen LogP contribution in [0.1, 0.15) is 66.5 Å². The third-order valence-electron chi connectivity index (χ3n) is 9.31. The number of hydrogen-bond acceptors (Lipinski definition) is 14. The summed E-state index contributed by atoms with van der Waals surface area (Å²) in [6, 6.07) is 40.5. The van der Waals surface area contributed by atoms with Gasteiger partial charge in [-0.3, -0.25) is 24.4 Å². The molecule has 0 aliphatic carbocycles. The third-order valence-corrected chi connectivity index (χ3v) is 9.52. The summed E-state index contributed by atoms with van der Waals surface area (Å²) in [7, 11) is -1.43. The number of amides is 2. The summed E-state index contributed by atoms with van der Waals surface area (Å²) in [6.07, 6.45) is 1.74. The van der Waals surface area contributed by atoms with Gasteiger partial charge in [0.15, 0.2) is 0 Å². The molecule has 0 saturated carbocycles. The van der Waals surface area contributed by atoms with E-state index in [2.05, 4.69) is 9.97 Å². The Balaban J connectivity index is 0.000000253. The van der Waals surface area contributed by atoms with Crippen molar-refractivity contribution in [2.24, 2.45) is 0 Å². The Hall–Kier alpha value is -7.47. The predicted molar refractivity (Wildman–Crippen MR) is 277 cm³/mol. The van der Waals surface area contributed by atoms with Gasteiger partial charge < -0.3 is 38.5 Å². The van der Waals surface area contributed by atoms with E-state index in [1.807, 2.05) is 84.9 Å². The van der Waals surface area contributed by atoms with Crippen LogP contribution in [-0.2, 0) is 41.8 Å². The van der Waals surface area contributed by atoms with Gasteiger partial charge in [0.1, 0.15) is 54.2 Å². The third kappa shape index (κ3) is 20.9. The predicted octanol–water partition coefficient (Wildman–Crippen LogP) is 9.62. The van der Waals surface area contributed by atoms with Crippen molar-refractivity contribution in [1.29, 1.82) is 0 Å². The van der Waals surface area contributed by atoms with Crippen LogP contribution in [0.15, 0.2) is 146 Å². The Morgan fingerprint density at radius 2 is 0.986 bits per heavy atom. The van der Waals surface area contributed by atoms with Crippen molar-refractivity contribution in [2.45, 2.75) is 79.8 Å². The molecule has 380 valence electrons. The first kappa shape index (κ1) is 57.1. The number of aromatic nitrogens is 2. The Morgan fingerprint density at radius 1 is 0.569 bits per heavy atom. The highest BCUT2D eigenvalue weighted by Gasteiger charge is 2.28. The average molecular weight is 1010 g/mol. The number of pyridine rings is 2. The number of carbonyl (C=O) groups is 4. The van der Waals surface area contributed by atoms with Gasteiger partial charge in [-0.25, -0.2) is 14.6 Å². The standard InChI is InChI=1S/C27H30N2O5.C14H19ClN2O4.C13H13BO3/c1-5-32-25(30)18-29(26(31)34-27(2,3)4)22-15-16-28-24(17-22)21-11-13-23(14-12-21)33-19-20-9-7-6-8-10-20;1-5-20-12(18)9-17(13(19)21-14(2,3)4)10-6-7-16-11(15)8-10;15-14(16)12-6-8-13(9-7-12)17-10-11-4-2-1-3-5-11/h6-17H,5,18-19H2,1-4H3;6-8H,5,9H2,1-4H3;1-9,15-16H,10H2. The minimum absolute atomic E-state index is 0.213. The Bertz CT molecular complexity index is 2610. The molecular formula is C54H62BClN4O12. The number of benzene rings is 4. The molecule has 0 unspecified atom stereocenters. The molecule has 16 nitrogen and oxygen atoms in total. The lowest BCUT2D eigenvalue weighted by atomic mass is 9.80. The minimum Gasteiger partial charge on any atom is -0.489 e. The SMILES string of the molecule is CCOC(=O)CN(C(=O)OC(C)(C)C)c1ccnc(-c2ccc(OCc3ccccc3)cc2)c1.CCOC(=O)CN(C(=O)OC(C)(C)C)c1ccnc(Cl)c1.OB(O)c1ccc(OCc2ccccc2)cc1. The second-order valence-corrected chi connectivity index (χ2v) is 17.9. The van der Waals surface area contributed by atoms with E-state index in [9.17, 15) is 19.2 Å². The van der Waals surface area contributed by atoms with E-state index in [0.29, 0.717) is 41.5 Å². The smallest absolute Gasteiger partial charge is 0.488 e. The molecule has 0 aliphatic rings. The van der Waals surface area contributed by atoms with Gasteiger partial charge in [0.05, 0.1) is 30.3 Å². The molecular weight excluding hydrogens is 943 g/mol. The summed E-state index contributed by atoms with van der Waals surface area (Å²) in [4.78, 5) is 59.6. The first-order valence-electron chi connectivity index (χ1n) is 23.0. The van der Waals surface area contributed by atoms with E-state index in [1.165, 1.54) is 17.2 Å². The molecule has 6 rings (SSSR count). The zero-order valence-corrected chi connectivity index (χ0v) is 42.6. The van der Waals surface area contributed by atoms with Crippen LogP contribution in [0, 0.1) is 0 Å². The van der Waals surface area contributed by atoms with Gasteiger partial charge in [-0.15, -0.1) is 0 Å². The fourth-order valence-corrected chi connectivity index (χ4v) is 6.24. The van der Waals surface area contributed by atoms with Crippen LogP contribution in [0.5, 0.6) is 11.5 Å². The monoisotopic (exact) mass is 1000 g/mol. The molecule has 0 spiro atoms. The van der Waals surface area contributed by atoms with Gasteiger partial charge in [0, 0.05) is 18.0 Å². The number of hydrogen-bond donors (Lipinski definition) is 2. The van der Waals surface area contributed by atoms with Crippen LogP contribution in [-0.4, -0.2) is 88.8 Å². The Kier molecular flexibility index (Phi) is 22.5. The fraction of sp³-hybridized carbons (Fsp3) is 0.296. The molecule has 0 atom stereocenters. The number of ether oxygens (including phenoxy) is 6. The molecule has 72 heavy (non-hydrogen) atoms. The number of rotatable bonds is 16. The van der Waals surface area contributed by atoms with Crippen LogP contribution in [0.25, 0.3) is 11.3 Å². The summed E-state index contributed by atoms with van der Waals surface area (Å²) >= 11 is 5.82. The second-order valence-electron chi connectivity index (χ2n) is 17.5. The normalized spacial score (nSPS) is 10.7. The highest BCUT2D eigenvalue weighted by Crippen LogP contribution is 2.27. The molecule has 0 radical (unpaired) electrons. The first-order chi connectivity index (χ1) is 34.2. The van der Waals surface area contributed by atoms with E-state index >= 15 is 0 Å². The molecule has 0 saturated heterocycles. The second kappa shape index (κ2) is 28.4. The lowest BCUT2D eigenvalue weighted by molar-refractivity contribution is -0.142.